The molecular weight excluding hydrogens is 260 g/mol. The molecular formula is C18H20N2O. The standard InChI is InChI=1S/C18H20N2O/c1-13(2)21-17-4-5-18-16(9-17)6-7-20(18)12-15-8-14(3)10-19-11-15/h4-11,13H,12H2,1-3H3. The van der Waals surface area contributed by atoms with E-state index < -0.39 is 0 Å². The first-order valence-corrected chi connectivity index (χ1v) is 7.28. The Morgan fingerprint density at radius 3 is 2.76 bits per heavy atom. The summed E-state index contributed by atoms with van der Waals surface area (Å²) in [5, 5.41) is 1.20. The molecule has 3 heteroatoms. The van der Waals surface area contributed by atoms with Crippen LogP contribution < -0.4 is 4.74 Å². The molecule has 0 atom stereocenters. The van der Waals surface area contributed by atoms with Gasteiger partial charge in [0.1, 0.15) is 5.75 Å². The first kappa shape index (κ1) is 13.7. The molecule has 3 aromatic rings. The van der Waals surface area contributed by atoms with Crippen molar-refractivity contribution in [1.29, 1.82) is 0 Å². The van der Waals surface area contributed by atoms with Gasteiger partial charge in [-0.2, -0.15) is 0 Å². The number of fused-ring (bicyclic) bond motifs is 1. The molecule has 3 nitrogen and oxygen atoms in total. The van der Waals surface area contributed by atoms with Crippen LogP contribution in [0.15, 0.2) is 48.9 Å². The number of aryl methyl sites for hydroxylation is 1. The van der Waals surface area contributed by atoms with E-state index in [-0.39, 0.29) is 6.10 Å². The zero-order chi connectivity index (χ0) is 14.8. The van der Waals surface area contributed by atoms with Crippen molar-refractivity contribution in [2.45, 2.75) is 33.4 Å². The summed E-state index contributed by atoms with van der Waals surface area (Å²) in [5.74, 6) is 0.924. The lowest BCUT2D eigenvalue weighted by Crippen LogP contribution is -2.05. The van der Waals surface area contributed by atoms with Crippen molar-refractivity contribution in [2.75, 3.05) is 0 Å². The average molecular weight is 280 g/mol. The van der Waals surface area contributed by atoms with Gasteiger partial charge in [-0.25, -0.2) is 0 Å². The lowest BCUT2D eigenvalue weighted by molar-refractivity contribution is 0.243. The van der Waals surface area contributed by atoms with E-state index in [1.54, 1.807) is 0 Å². The van der Waals surface area contributed by atoms with Crippen LogP contribution in [-0.4, -0.2) is 15.7 Å². The molecule has 0 bridgehead atoms. The summed E-state index contributed by atoms with van der Waals surface area (Å²) in [5.41, 5.74) is 3.62. The molecule has 0 aliphatic carbocycles. The van der Waals surface area contributed by atoms with Gasteiger partial charge >= 0.3 is 0 Å². The largest absolute Gasteiger partial charge is 0.491 e. The maximum Gasteiger partial charge on any atom is 0.120 e. The SMILES string of the molecule is Cc1cncc(Cn2ccc3cc(OC(C)C)ccc32)c1. The van der Waals surface area contributed by atoms with Crippen LogP contribution in [0, 0.1) is 6.92 Å². The molecule has 2 aromatic heterocycles. The number of nitrogens with zero attached hydrogens (tertiary/aromatic N) is 2. The van der Waals surface area contributed by atoms with Crippen molar-refractivity contribution >= 4 is 10.9 Å². The zero-order valence-corrected chi connectivity index (χ0v) is 12.7. The van der Waals surface area contributed by atoms with Gasteiger partial charge in [0.05, 0.1) is 6.10 Å². The van der Waals surface area contributed by atoms with Crippen molar-refractivity contribution in [3.63, 3.8) is 0 Å². The van der Waals surface area contributed by atoms with Crippen molar-refractivity contribution in [3.05, 3.63) is 60.0 Å². The van der Waals surface area contributed by atoms with Gasteiger partial charge in [0, 0.05) is 36.0 Å². The molecule has 0 spiro atoms. The van der Waals surface area contributed by atoms with E-state index in [1.165, 1.54) is 22.0 Å². The first-order valence-electron chi connectivity index (χ1n) is 7.28. The summed E-state index contributed by atoms with van der Waals surface area (Å²) in [6.07, 6.45) is 6.12. The molecule has 0 N–H and O–H groups in total. The quantitative estimate of drug-likeness (QED) is 0.717. The number of hydrogen-bond donors (Lipinski definition) is 0. The summed E-state index contributed by atoms with van der Waals surface area (Å²) < 4.78 is 7.99. The molecule has 0 saturated heterocycles. The summed E-state index contributed by atoms with van der Waals surface area (Å²) in [6, 6.07) is 10.6. The molecule has 0 aliphatic heterocycles. The van der Waals surface area contributed by atoms with Crippen molar-refractivity contribution in [2.24, 2.45) is 0 Å². The second-order valence-electron chi connectivity index (χ2n) is 5.70. The summed E-state index contributed by atoms with van der Waals surface area (Å²) in [4.78, 5) is 4.26. The van der Waals surface area contributed by atoms with E-state index in [1.807, 2.05) is 32.3 Å². The van der Waals surface area contributed by atoms with E-state index in [4.69, 9.17) is 4.74 Å². The molecule has 0 amide bonds. The summed E-state index contributed by atoms with van der Waals surface area (Å²) in [6.45, 7) is 6.99. The highest BCUT2D eigenvalue weighted by atomic mass is 16.5. The topological polar surface area (TPSA) is 27.1 Å². The maximum atomic E-state index is 5.75. The van der Waals surface area contributed by atoms with Crippen LogP contribution in [0.2, 0.25) is 0 Å². The Balaban J connectivity index is 1.90. The summed E-state index contributed by atoms with van der Waals surface area (Å²) >= 11 is 0. The minimum Gasteiger partial charge on any atom is -0.491 e. The highest BCUT2D eigenvalue weighted by Gasteiger charge is 2.05. The van der Waals surface area contributed by atoms with Gasteiger partial charge < -0.3 is 9.30 Å². The van der Waals surface area contributed by atoms with Crippen molar-refractivity contribution in [1.82, 2.24) is 9.55 Å². The molecule has 0 radical (unpaired) electrons. The van der Waals surface area contributed by atoms with Gasteiger partial charge in [-0.1, -0.05) is 6.07 Å². The Bertz CT molecular complexity index is 759. The first-order chi connectivity index (χ1) is 10.1. The predicted molar refractivity (Wildman–Crippen MR) is 85.8 cm³/mol. The number of hydrogen-bond acceptors (Lipinski definition) is 2. The Labute approximate surface area is 125 Å². The van der Waals surface area contributed by atoms with Crippen molar-refractivity contribution in [3.8, 4) is 5.75 Å². The van der Waals surface area contributed by atoms with E-state index >= 15 is 0 Å². The Morgan fingerprint density at radius 2 is 2.00 bits per heavy atom. The van der Waals surface area contributed by atoms with Crippen LogP contribution in [0.3, 0.4) is 0 Å². The van der Waals surface area contributed by atoms with Gasteiger partial charge in [-0.05, 0) is 56.2 Å². The van der Waals surface area contributed by atoms with E-state index in [9.17, 15) is 0 Å². The lowest BCUT2D eigenvalue weighted by Gasteiger charge is -2.10. The number of ether oxygens (including phenoxy) is 1. The average Bonchev–Trinajstić information content (AvgIpc) is 2.81. The monoisotopic (exact) mass is 280 g/mol. The Kier molecular flexibility index (Phi) is 3.65. The van der Waals surface area contributed by atoms with E-state index in [0.29, 0.717) is 0 Å². The molecule has 108 valence electrons. The van der Waals surface area contributed by atoms with E-state index in [2.05, 4.69) is 46.9 Å². The fraction of sp³-hybridized carbons (Fsp3) is 0.278. The van der Waals surface area contributed by atoms with Gasteiger partial charge in [0.2, 0.25) is 0 Å². The highest BCUT2D eigenvalue weighted by molar-refractivity contribution is 5.81. The van der Waals surface area contributed by atoms with Crippen LogP contribution in [-0.2, 0) is 6.54 Å². The smallest absolute Gasteiger partial charge is 0.120 e. The van der Waals surface area contributed by atoms with E-state index in [0.717, 1.165) is 12.3 Å². The second-order valence-corrected chi connectivity index (χ2v) is 5.70. The third kappa shape index (κ3) is 3.07. The summed E-state index contributed by atoms with van der Waals surface area (Å²) in [7, 11) is 0. The maximum absolute atomic E-state index is 5.75. The molecule has 2 heterocycles. The molecule has 0 unspecified atom stereocenters. The Morgan fingerprint density at radius 1 is 1.14 bits per heavy atom. The molecule has 21 heavy (non-hydrogen) atoms. The lowest BCUT2D eigenvalue weighted by atomic mass is 10.2. The van der Waals surface area contributed by atoms with Gasteiger partial charge in [-0.15, -0.1) is 0 Å². The number of benzene rings is 1. The number of rotatable bonds is 4. The predicted octanol–water partition coefficient (Wildman–Crippen LogP) is 4.18. The van der Waals surface area contributed by atoms with Crippen molar-refractivity contribution < 1.29 is 4.74 Å². The molecule has 0 aliphatic rings. The van der Waals surface area contributed by atoms with Crippen LogP contribution in [0.5, 0.6) is 5.75 Å². The minimum atomic E-state index is 0.197. The third-order valence-electron chi connectivity index (χ3n) is 3.40. The van der Waals surface area contributed by atoms with Crippen LogP contribution in [0.25, 0.3) is 10.9 Å². The number of aromatic nitrogens is 2. The van der Waals surface area contributed by atoms with Crippen LogP contribution in [0.1, 0.15) is 25.0 Å². The molecule has 1 aromatic carbocycles. The minimum absolute atomic E-state index is 0.197. The van der Waals surface area contributed by atoms with Gasteiger partial charge in [0.15, 0.2) is 0 Å². The van der Waals surface area contributed by atoms with Crippen LogP contribution in [0.4, 0.5) is 0 Å². The zero-order valence-electron chi connectivity index (χ0n) is 12.7. The van der Waals surface area contributed by atoms with Gasteiger partial charge in [0.25, 0.3) is 0 Å². The third-order valence-corrected chi connectivity index (χ3v) is 3.40. The fourth-order valence-corrected chi connectivity index (χ4v) is 2.56. The molecule has 0 fully saturated rings. The Hall–Kier alpha value is -2.29. The number of pyridine rings is 1. The highest BCUT2D eigenvalue weighted by Crippen LogP contribution is 2.23. The molecule has 0 saturated carbocycles. The normalized spacial score (nSPS) is 11.2. The molecule has 3 rings (SSSR count). The van der Waals surface area contributed by atoms with Gasteiger partial charge in [-0.3, -0.25) is 4.98 Å². The second kappa shape index (κ2) is 5.60. The fourth-order valence-electron chi connectivity index (χ4n) is 2.56. The van der Waals surface area contributed by atoms with Crippen LogP contribution >= 0.6 is 0 Å².